The summed E-state index contributed by atoms with van der Waals surface area (Å²) in [5, 5.41) is 6.36. The van der Waals surface area contributed by atoms with E-state index in [2.05, 4.69) is 10.5 Å². The lowest BCUT2D eigenvalue weighted by molar-refractivity contribution is -0.122. The van der Waals surface area contributed by atoms with Crippen molar-refractivity contribution in [1.29, 1.82) is 0 Å². The molecule has 2 aromatic rings. The number of sulfonamides is 1. The van der Waals surface area contributed by atoms with Gasteiger partial charge in [0.25, 0.3) is 0 Å². The third-order valence-corrected chi connectivity index (χ3v) is 6.93. The molecule has 0 bridgehead atoms. The van der Waals surface area contributed by atoms with E-state index in [1.807, 2.05) is 0 Å². The van der Waals surface area contributed by atoms with E-state index in [9.17, 15) is 18.0 Å². The maximum atomic E-state index is 12.6. The Morgan fingerprint density at radius 3 is 2.48 bits per heavy atom. The van der Waals surface area contributed by atoms with Gasteiger partial charge < -0.3 is 14.7 Å². The number of benzene rings is 1. The first kappa shape index (κ1) is 21.0. The molecule has 1 N–H and O–H groups in total. The van der Waals surface area contributed by atoms with Gasteiger partial charge in [0, 0.05) is 37.8 Å². The van der Waals surface area contributed by atoms with Crippen molar-refractivity contribution in [3.8, 4) is 0 Å². The fraction of sp³-hybridized carbons (Fsp3) is 0.421. The number of anilines is 2. The topological polar surface area (TPSA) is 113 Å². The highest BCUT2D eigenvalue weighted by atomic mass is 32.2. The molecule has 1 fully saturated rings. The Balaban J connectivity index is 1.71. The molecule has 1 aliphatic rings. The predicted molar refractivity (Wildman–Crippen MR) is 107 cm³/mol. The third-order valence-electron chi connectivity index (χ3n) is 4.87. The molecule has 0 radical (unpaired) electrons. The van der Waals surface area contributed by atoms with Crippen molar-refractivity contribution in [3.63, 3.8) is 0 Å². The first-order valence-electron chi connectivity index (χ1n) is 9.41. The van der Waals surface area contributed by atoms with Crippen LogP contribution in [0.15, 0.2) is 39.8 Å². The monoisotopic (exact) mass is 420 g/mol. The molecule has 156 valence electrons. The number of amides is 2. The smallest absolute Gasteiger partial charge is 0.243 e. The highest BCUT2D eigenvalue weighted by Crippen LogP contribution is 2.27. The fourth-order valence-electron chi connectivity index (χ4n) is 3.30. The summed E-state index contributed by atoms with van der Waals surface area (Å²) in [5.41, 5.74) is 0.557. The summed E-state index contributed by atoms with van der Waals surface area (Å²) in [6, 6.07) is 7.76. The number of carbonyl (C=O) groups excluding carboxylic acids is 2. The minimum atomic E-state index is -3.56. The number of aromatic nitrogens is 1. The second-order valence-electron chi connectivity index (χ2n) is 6.80. The van der Waals surface area contributed by atoms with Crippen LogP contribution in [0, 0.1) is 12.8 Å². The number of rotatable bonds is 7. The van der Waals surface area contributed by atoms with E-state index < -0.39 is 15.9 Å². The lowest BCUT2D eigenvalue weighted by Gasteiger charge is -2.20. The minimum Gasteiger partial charge on any atom is -0.360 e. The molecule has 3 rings (SSSR count). The second-order valence-corrected chi connectivity index (χ2v) is 8.74. The maximum Gasteiger partial charge on any atom is 0.243 e. The zero-order valence-corrected chi connectivity index (χ0v) is 17.4. The van der Waals surface area contributed by atoms with Gasteiger partial charge in [-0.3, -0.25) is 9.59 Å². The van der Waals surface area contributed by atoms with Crippen LogP contribution >= 0.6 is 0 Å². The summed E-state index contributed by atoms with van der Waals surface area (Å²) in [6.07, 6.45) is 0.0716. The summed E-state index contributed by atoms with van der Waals surface area (Å²) < 4.78 is 31.5. The first-order valence-corrected chi connectivity index (χ1v) is 10.8. The van der Waals surface area contributed by atoms with E-state index in [-0.39, 0.29) is 29.7 Å². The maximum absolute atomic E-state index is 12.6. The molecule has 9 nitrogen and oxygen atoms in total. The van der Waals surface area contributed by atoms with E-state index in [1.165, 1.54) is 21.3 Å². The van der Waals surface area contributed by atoms with Crippen LogP contribution in [-0.2, 0) is 19.6 Å². The largest absolute Gasteiger partial charge is 0.360 e. The number of hydrogen-bond donors (Lipinski definition) is 1. The van der Waals surface area contributed by atoms with Crippen molar-refractivity contribution < 1.29 is 22.5 Å². The standard InChI is InChI=1S/C19H24N4O5S/c1-4-22(5-2)29(26,27)16-8-6-15(7-9-16)23-12-14(11-18(23)24)19(25)20-17-10-13(3)28-21-17/h6-10,14H,4-5,11-12H2,1-3H3,(H,20,21,25). The second kappa shape index (κ2) is 8.34. The van der Waals surface area contributed by atoms with Gasteiger partial charge in [-0.1, -0.05) is 19.0 Å². The van der Waals surface area contributed by atoms with Crippen LogP contribution in [-0.4, -0.2) is 49.3 Å². The summed E-state index contributed by atoms with van der Waals surface area (Å²) >= 11 is 0. The van der Waals surface area contributed by atoms with Gasteiger partial charge in [-0.2, -0.15) is 4.31 Å². The molecule has 1 unspecified atom stereocenters. The fourth-order valence-corrected chi connectivity index (χ4v) is 4.75. The van der Waals surface area contributed by atoms with Gasteiger partial charge in [0.2, 0.25) is 21.8 Å². The Morgan fingerprint density at radius 2 is 1.93 bits per heavy atom. The normalized spacial score (nSPS) is 17.2. The summed E-state index contributed by atoms with van der Waals surface area (Å²) in [5.74, 6) is -0.150. The number of aryl methyl sites for hydroxylation is 1. The molecule has 0 saturated carbocycles. The van der Waals surface area contributed by atoms with Crippen molar-refractivity contribution in [1.82, 2.24) is 9.46 Å². The van der Waals surface area contributed by atoms with Crippen molar-refractivity contribution in [2.45, 2.75) is 32.1 Å². The van der Waals surface area contributed by atoms with Crippen LogP contribution in [0.25, 0.3) is 0 Å². The third kappa shape index (κ3) is 4.33. The Labute approximate surface area is 169 Å². The Bertz CT molecular complexity index is 996. The van der Waals surface area contributed by atoms with Gasteiger partial charge in [0.15, 0.2) is 5.82 Å². The number of carbonyl (C=O) groups is 2. The van der Waals surface area contributed by atoms with Gasteiger partial charge in [-0.15, -0.1) is 0 Å². The summed E-state index contributed by atoms with van der Waals surface area (Å²) in [6.45, 7) is 6.26. The van der Waals surface area contributed by atoms with E-state index in [0.717, 1.165) is 0 Å². The Hall–Kier alpha value is -2.72. The highest BCUT2D eigenvalue weighted by molar-refractivity contribution is 7.89. The van der Waals surface area contributed by atoms with Crippen LogP contribution < -0.4 is 10.2 Å². The molecule has 2 amide bonds. The molecule has 1 aromatic carbocycles. The van der Waals surface area contributed by atoms with Gasteiger partial charge in [-0.05, 0) is 31.2 Å². The van der Waals surface area contributed by atoms with Gasteiger partial charge in [0.1, 0.15) is 5.76 Å². The zero-order valence-electron chi connectivity index (χ0n) is 16.6. The van der Waals surface area contributed by atoms with Crippen LogP contribution in [0.4, 0.5) is 11.5 Å². The number of nitrogens with zero attached hydrogens (tertiary/aromatic N) is 3. The van der Waals surface area contributed by atoms with Crippen LogP contribution in [0.1, 0.15) is 26.0 Å². The molecule has 1 aliphatic heterocycles. The van der Waals surface area contributed by atoms with Crippen LogP contribution in [0.2, 0.25) is 0 Å². The van der Waals surface area contributed by atoms with Crippen molar-refractivity contribution in [3.05, 3.63) is 36.1 Å². The van der Waals surface area contributed by atoms with Crippen molar-refractivity contribution in [2.75, 3.05) is 29.9 Å². The molecule has 10 heteroatoms. The van der Waals surface area contributed by atoms with E-state index in [0.29, 0.717) is 30.4 Å². The Morgan fingerprint density at radius 1 is 1.28 bits per heavy atom. The average molecular weight is 420 g/mol. The average Bonchev–Trinajstić information content (AvgIpc) is 3.28. The molecule has 0 spiro atoms. The summed E-state index contributed by atoms with van der Waals surface area (Å²) in [7, 11) is -3.56. The molecular formula is C19H24N4O5S. The van der Waals surface area contributed by atoms with E-state index in [1.54, 1.807) is 39.0 Å². The lowest BCUT2D eigenvalue weighted by Crippen LogP contribution is -2.31. The quantitative estimate of drug-likeness (QED) is 0.733. The highest BCUT2D eigenvalue weighted by Gasteiger charge is 2.35. The number of nitrogens with one attached hydrogen (secondary N) is 1. The van der Waals surface area contributed by atoms with Gasteiger partial charge >= 0.3 is 0 Å². The first-order chi connectivity index (χ1) is 13.8. The van der Waals surface area contributed by atoms with E-state index >= 15 is 0 Å². The number of hydrogen-bond acceptors (Lipinski definition) is 6. The molecule has 2 heterocycles. The molecule has 1 aromatic heterocycles. The molecule has 1 atom stereocenters. The van der Waals surface area contributed by atoms with Gasteiger partial charge in [-0.25, -0.2) is 8.42 Å². The van der Waals surface area contributed by atoms with Crippen LogP contribution in [0.3, 0.4) is 0 Å². The SMILES string of the molecule is CCN(CC)S(=O)(=O)c1ccc(N2CC(C(=O)Nc3cc(C)on3)CC2=O)cc1. The molecular weight excluding hydrogens is 396 g/mol. The molecule has 29 heavy (non-hydrogen) atoms. The zero-order chi connectivity index (χ0) is 21.2. The Kier molecular flexibility index (Phi) is 6.04. The summed E-state index contributed by atoms with van der Waals surface area (Å²) in [4.78, 5) is 26.5. The minimum absolute atomic E-state index is 0.0716. The predicted octanol–water partition coefficient (Wildman–Crippen LogP) is 2.01. The molecule has 1 saturated heterocycles. The van der Waals surface area contributed by atoms with Gasteiger partial charge in [0.05, 0.1) is 10.8 Å². The van der Waals surface area contributed by atoms with Crippen LogP contribution in [0.5, 0.6) is 0 Å². The van der Waals surface area contributed by atoms with E-state index in [4.69, 9.17) is 4.52 Å². The van der Waals surface area contributed by atoms with Crippen molar-refractivity contribution >= 4 is 33.3 Å². The molecule has 0 aliphatic carbocycles. The van der Waals surface area contributed by atoms with Crippen molar-refractivity contribution in [2.24, 2.45) is 5.92 Å². The lowest BCUT2D eigenvalue weighted by atomic mass is 10.1.